The molecule has 1 aliphatic rings. The third kappa shape index (κ3) is 4.33. The minimum absolute atomic E-state index is 0.0305. The molecule has 4 rings (SSSR count). The Bertz CT molecular complexity index is 942. The van der Waals surface area contributed by atoms with Gasteiger partial charge in [0.15, 0.2) is 5.11 Å². The van der Waals surface area contributed by atoms with E-state index >= 15 is 0 Å². The van der Waals surface area contributed by atoms with Crippen molar-refractivity contribution in [3.05, 3.63) is 78.3 Å². The summed E-state index contributed by atoms with van der Waals surface area (Å²) in [7, 11) is 4.18. The Balaban J connectivity index is 1.66. The second-order valence-electron chi connectivity index (χ2n) is 7.54. The van der Waals surface area contributed by atoms with Crippen molar-refractivity contribution in [2.75, 3.05) is 27.2 Å². The molecular weight excluding hydrogens is 380 g/mol. The van der Waals surface area contributed by atoms with E-state index < -0.39 is 0 Å². The van der Waals surface area contributed by atoms with Gasteiger partial charge >= 0.3 is 0 Å². The number of furan rings is 1. The van der Waals surface area contributed by atoms with E-state index in [1.165, 1.54) is 0 Å². The van der Waals surface area contributed by atoms with E-state index in [2.05, 4.69) is 52.4 Å². The van der Waals surface area contributed by atoms with Crippen LogP contribution in [0.4, 0.5) is 0 Å². The molecule has 0 bridgehead atoms. The smallest absolute Gasteiger partial charge is 0.170 e. The fourth-order valence-electron chi connectivity index (χ4n) is 3.78. The van der Waals surface area contributed by atoms with Crippen LogP contribution in [-0.2, 0) is 0 Å². The maximum Gasteiger partial charge on any atom is 0.170 e. The highest BCUT2D eigenvalue weighted by Crippen LogP contribution is 2.40. The van der Waals surface area contributed by atoms with Crippen LogP contribution in [0.25, 0.3) is 11.3 Å². The van der Waals surface area contributed by atoms with Gasteiger partial charge in [-0.1, -0.05) is 36.4 Å². The molecule has 5 nitrogen and oxygen atoms in total. The molecular formula is C23H26N4OS. The SMILES string of the molecule is CN(C)CCCN1C(=S)N[C@@H](c2ccccn2)[C@H]1c1ccc(-c2ccccc2)o1. The summed E-state index contributed by atoms with van der Waals surface area (Å²) in [5.74, 6) is 1.77. The van der Waals surface area contributed by atoms with Gasteiger partial charge in [-0.3, -0.25) is 4.98 Å². The molecule has 1 aliphatic heterocycles. The van der Waals surface area contributed by atoms with Gasteiger partial charge in [0, 0.05) is 18.3 Å². The van der Waals surface area contributed by atoms with Crippen molar-refractivity contribution in [2.24, 2.45) is 0 Å². The van der Waals surface area contributed by atoms with Crippen LogP contribution >= 0.6 is 12.2 Å². The molecule has 0 unspecified atom stereocenters. The summed E-state index contributed by atoms with van der Waals surface area (Å²) in [5.41, 5.74) is 2.04. The number of rotatable bonds is 7. The first-order valence-electron chi connectivity index (χ1n) is 9.91. The number of nitrogens with one attached hydrogen (secondary N) is 1. The number of nitrogens with zero attached hydrogens (tertiary/aromatic N) is 3. The molecule has 1 aromatic carbocycles. The van der Waals surface area contributed by atoms with Crippen LogP contribution in [0, 0.1) is 0 Å². The molecule has 0 aliphatic carbocycles. The van der Waals surface area contributed by atoms with Gasteiger partial charge in [-0.05, 0) is 63.5 Å². The first-order valence-corrected chi connectivity index (χ1v) is 10.3. The Kier molecular flexibility index (Phi) is 5.92. The van der Waals surface area contributed by atoms with Gasteiger partial charge in [-0.2, -0.15) is 0 Å². The van der Waals surface area contributed by atoms with E-state index in [-0.39, 0.29) is 12.1 Å². The zero-order valence-electron chi connectivity index (χ0n) is 16.8. The van der Waals surface area contributed by atoms with Crippen molar-refractivity contribution in [3.63, 3.8) is 0 Å². The Morgan fingerprint density at radius 2 is 1.86 bits per heavy atom. The maximum absolute atomic E-state index is 6.33. The van der Waals surface area contributed by atoms with Gasteiger partial charge < -0.3 is 19.5 Å². The minimum atomic E-state index is -0.0437. The maximum atomic E-state index is 6.33. The predicted octanol–water partition coefficient (Wildman–Crippen LogP) is 4.27. The Morgan fingerprint density at radius 3 is 2.59 bits per heavy atom. The lowest BCUT2D eigenvalue weighted by molar-refractivity contribution is 0.261. The summed E-state index contributed by atoms with van der Waals surface area (Å²) < 4.78 is 6.33. The average molecular weight is 407 g/mol. The summed E-state index contributed by atoms with van der Waals surface area (Å²) in [4.78, 5) is 9.01. The molecule has 6 heteroatoms. The van der Waals surface area contributed by atoms with Gasteiger partial charge in [0.1, 0.15) is 17.6 Å². The first-order chi connectivity index (χ1) is 14.1. The summed E-state index contributed by atoms with van der Waals surface area (Å²) in [6.07, 6.45) is 2.84. The molecule has 150 valence electrons. The summed E-state index contributed by atoms with van der Waals surface area (Å²) >= 11 is 5.71. The van der Waals surface area contributed by atoms with Crippen LogP contribution in [0.3, 0.4) is 0 Å². The number of thiocarbonyl (C=S) groups is 1. The normalized spacial score (nSPS) is 19.0. The van der Waals surface area contributed by atoms with E-state index in [1.807, 2.05) is 48.7 Å². The van der Waals surface area contributed by atoms with E-state index in [1.54, 1.807) is 0 Å². The quantitative estimate of drug-likeness (QED) is 0.592. The molecule has 1 fully saturated rings. The van der Waals surface area contributed by atoms with Crippen LogP contribution < -0.4 is 5.32 Å². The van der Waals surface area contributed by atoms with E-state index in [0.717, 1.165) is 47.4 Å². The number of pyridine rings is 1. The topological polar surface area (TPSA) is 44.5 Å². The van der Waals surface area contributed by atoms with Gasteiger partial charge in [0.05, 0.1) is 11.7 Å². The van der Waals surface area contributed by atoms with Crippen LogP contribution in [0.15, 0.2) is 71.3 Å². The Labute approximate surface area is 177 Å². The van der Waals surface area contributed by atoms with E-state index in [4.69, 9.17) is 16.6 Å². The zero-order chi connectivity index (χ0) is 20.2. The summed E-state index contributed by atoms with van der Waals surface area (Å²) in [6, 6.07) is 20.2. The molecule has 1 saturated heterocycles. The molecule has 0 spiro atoms. The molecule has 2 aromatic heterocycles. The minimum Gasteiger partial charge on any atom is -0.459 e. The van der Waals surface area contributed by atoms with Crippen molar-refractivity contribution < 1.29 is 4.42 Å². The van der Waals surface area contributed by atoms with Gasteiger partial charge in [0.25, 0.3) is 0 Å². The fraction of sp³-hybridized carbons (Fsp3) is 0.304. The highest BCUT2D eigenvalue weighted by atomic mass is 32.1. The van der Waals surface area contributed by atoms with Crippen LogP contribution in [0.1, 0.15) is 30.0 Å². The summed E-state index contributed by atoms with van der Waals surface area (Å²) in [6.45, 7) is 1.87. The lowest BCUT2D eigenvalue weighted by Crippen LogP contribution is -2.32. The number of hydrogen-bond acceptors (Lipinski definition) is 4. The largest absolute Gasteiger partial charge is 0.459 e. The molecule has 0 saturated carbocycles. The molecule has 3 heterocycles. The highest BCUT2D eigenvalue weighted by Gasteiger charge is 2.41. The van der Waals surface area contributed by atoms with Gasteiger partial charge in [0.2, 0.25) is 0 Å². The standard InChI is InChI=1S/C23H26N4OS/c1-26(2)15-8-16-27-22(21(25-23(27)29)18-11-6-7-14-24-18)20-13-12-19(28-20)17-9-4-3-5-10-17/h3-7,9-14,21-22H,8,15-16H2,1-2H3,(H,25,29)/t21-,22+/m0/s1. The summed E-state index contributed by atoms with van der Waals surface area (Å²) in [5, 5.41) is 4.23. The van der Waals surface area contributed by atoms with Crippen LogP contribution in [-0.4, -0.2) is 47.1 Å². The number of hydrogen-bond donors (Lipinski definition) is 1. The zero-order valence-corrected chi connectivity index (χ0v) is 17.6. The lowest BCUT2D eigenvalue weighted by atomic mass is 10.0. The van der Waals surface area contributed by atoms with Crippen molar-refractivity contribution >= 4 is 17.3 Å². The van der Waals surface area contributed by atoms with Crippen LogP contribution in [0.5, 0.6) is 0 Å². The third-order valence-electron chi connectivity index (χ3n) is 5.18. The second-order valence-corrected chi connectivity index (χ2v) is 7.93. The number of benzene rings is 1. The van der Waals surface area contributed by atoms with E-state index in [0.29, 0.717) is 0 Å². The van der Waals surface area contributed by atoms with Gasteiger partial charge in [-0.25, -0.2) is 0 Å². The fourth-order valence-corrected chi connectivity index (χ4v) is 4.11. The molecule has 0 radical (unpaired) electrons. The predicted molar refractivity (Wildman–Crippen MR) is 119 cm³/mol. The molecule has 3 aromatic rings. The highest BCUT2D eigenvalue weighted by molar-refractivity contribution is 7.80. The first kappa shape index (κ1) is 19.6. The Hall–Kier alpha value is -2.70. The molecule has 0 amide bonds. The van der Waals surface area contributed by atoms with Crippen LogP contribution in [0.2, 0.25) is 0 Å². The van der Waals surface area contributed by atoms with Crippen molar-refractivity contribution in [1.29, 1.82) is 0 Å². The Morgan fingerprint density at radius 1 is 1.07 bits per heavy atom. The number of aromatic nitrogens is 1. The van der Waals surface area contributed by atoms with Crippen molar-refractivity contribution in [1.82, 2.24) is 20.1 Å². The van der Waals surface area contributed by atoms with Gasteiger partial charge in [-0.15, -0.1) is 0 Å². The van der Waals surface area contributed by atoms with Crippen molar-refractivity contribution in [3.8, 4) is 11.3 Å². The lowest BCUT2D eigenvalue weighted by Gasteiger charge is -2.26. The third-order valence-corrected chi connectivity index (χ3v) is 5.53. The molecule has 1 N–H and O–H groups in total. The van der Waals surface area contributed by atoms with E-state index in [9.17, 15) is 0 Å². The monoisotopic (exact) mass is 406 g/mol. The average Bonchev–Trinajstić information content (AvgIpc) is 3.34. The second kappa shape index (κ2) is 8.76. The van der Waals surface area contributed by atoms with Crippen molar-refractivity contribution in [2.45, 2.75) is 18.5 Å². The molecule has 29 heavy (non-hydrogen) atoms. The molecule has 2 atom stereocenters.